The molecule has 13 aromatic rings. The summed E-state index contributed by atoms with van der Waals surface area (Å²) >= 11 is 0. The molecule has 442 valence electrons. The van der Waals surface area contributed by atoms with Crippen molar-refractivity contribution in [3.8, 4) is 44.5 Å². The van der Waals surface area contributed by atoms with E-state index in [1.54, 1.807) is 0 Å². The van der Waals surface area contributed by atoms with Gasteiger partial charge >= 0.3 is 0 Å². The van der Waals surface area contributed by atoms with Gasteiger partial charge < -0.3 is 9.80 Å². The van der Waals surface area contributed by atoms with Crippen LogP contribution in [0.15, 0.2) is 316 Å². The van der Waals surface area contributed by atoms with Gasteiger partial charge in [-0.1, -0.05) is 267 Å². The quantitative estimate of drug-likeness (QED) is 0.0951. The summed E-state index contributed by atoms with van der Waals surface area (Å²) in [5, 5.41) is 0. The molecule has 0 saturated carbocycles. The predicted octanol–water partition coefficient (Wildman–Crippen LogP) is 23.6. The van der Waals surface area contributed by atoms with Crippen molar-refractivity contribution < 1.29 is 0 Å². The highest BCUT2D eigenvalue weighted by Gasteiger charge is 2.47. The van der Waals surface area contributed by atoms with Crippen LogP contribution >= 0.6 is 0 Å². The van der Waals surface area contributed by atoms with E-state index in [1.165, 1.54) is 89.0 Å². The van der Waals surface area contributed by atoms with Gasteiger partial charge in [0.1, 0.15) is 0 Å². The van der Waals surface area contributed by atoms with Gasteiger partial charge in [-0.3, -0.25) is 0 Å². The van der Waals surface area contributed by atoms with Crippen molar-refractivity contribution in [1.82, 2.24) is 0 Å². The largest absolute Gasteiger partial charge is 0.310 e. The number of benzene rings is 13. The molecule has 15 rings (SSSR count). The van der Waals surface area contributed by atoms with Crippen molar-refractivity contribution >= 4 is 46.3 Å². The number of aryl methyl sites for hydroxylation is 4. The van der Waals surface area contributed by atoms with Crippen molar-refractivity contribution in [2.75, 3.05) is 9.80 Å². The van der Waals surface area contributed by atoms with E-state index in [-0.39, 0.29) is 0 Å². The summed E-state index contributed by atoms with van der Waals surface area (Å²) in [4.78, 5) is 4.83. The average molecular weight is 1180 g/mol. The molecule has 0 bridgehead atoms. The number of anilines is 6. The molecule has 0 aromatic heterocycles. The van der Waals surface area contributed by atoms with Crippen LogP contribution < -0.4 is 9.80 Å². The number of hydrogen-bond donors (Lipinski definition) is 0. The van der Waals surface area contributed by atoms with E-state index >= 15 is 0 Å². The van der Waals surface area contributed by atoms with Crippen molar-refractivity contribution in [2.24, 2.45) is 0 Å². The van der Waals surface area contributed by atoms with Crippen LogP contribution in [0, 0.1) is 27.7 Å². The number of hydrogen-bond acceptors (Lipinski definition) is 2. The smallest absolute Gasteiger partial charge is 0.0507 e. The Balaban J connectivity index is 0.752. The van der Waals surface area contributed by atoms with Crippen molar-refractivity contribution in [1.29, 1.82) is 0 Å². The fraction of sp³-hybridized carbons (Fsp3) is 0.0889. The monoisotopic (exact) mass is 1180 g/mol. The summed E-state index contributed by atoms with van der Waals surface area (Å²) in [5.41, 5.74) is 33.5. The van der Waals surface area contributed by atoms with Crippen LogP contribution in [0.1, 0.15) is 77.9 Å². The van der Waals surface area contributed by atoms with Crippen LogP contribution in [-0.2, 0) is 23.7 Å². The molecule has 0 saturated heterocycles. The average Bonchev–Trinajstić information content (AvgIpc) is 1.54. The SMILES string of the molecule is C=Cc1ccc(CC2(c3ccc(C)cc3C)c3ccccc3-c3ccc(N(c4ccccc4)c4ccc(-c5ccc(-c6ccc(N(c7ccccc7)c7ccc8c(c7)C(Cc7ccc(C=C)cc7)(c7ccc(C)cc7C)c7ccccc7-8)cc6)cc5)cc4)cc32)cc1. The number of nitrogens with zero attached hydrogens (tertiary/aromatic N) is 2. The Morgan fingerprint density at radius 3 is 0.946 bits per heavy atom. The molecule has 0 aliphatic heterocycles. The normalized spacial score (nSPS) is 15.0. The topological polar surface area (TPSA) is 6.48 Å². The van der Waals surface area contributed by atoms with Crippen molar-refractivity contribution in [2.45, 2.75) is 51.4 Å². The Morgan fingerprint density at radius 2 is 0.587 bits per heavy atom. The zero-order chi connectivity index (χ0) is 62.5. The standard InChI is InChI=1S/C90H72N2/c1-7-65-29-33-67(34-30-65)59-89(83-53-27-61(3)55-63(83)5)85-25-17-15-23-79(85)81-51-49-77(57-87(81)89)91(73-19-11-9-12-20-73)75-45-41-71(42-46-75)69-37-39-70(40-38-69)72-43-47-76(48-44-72)92(74-21-13-10-14-22-74)78-50-52-82-80-24-16-18-26-86(80)90(88(82)58-78,84-54-28-62(4)56-64(84)6)60-68-35-31-66(8-2)32-36-68/h7-58H,1-2,59-60H2,3-6H3. The molecule has 0 N–H and O–H groups in total. The second kappa shape index (κ2) is 23.7. The summed E-state index contributed by atoms with van der Waals surface area (Å²) in [5.74, 6) is 0. The predicted molar refractivity (Wildman–Crippen MR) is 390 cm³/mol. The van der Waals surface area contributed by atoms with Gasteiger partial charge in [0.25, 0.3) is 0 Å². The molecule has 0 fully saturated rings. The molecule has 2 unspecified atom stereocenters. The van der Waals surface area contributed by atoms with Crippen LogP contribution in [0.3, 0.4) is 0 Å². The van der Waals surface area contributed by atoms with E-state index in [2.05, 4.69) is 354 Å². The van der Waals surface area contributed by atoms with E-state index in [0.29, 0.717) is 0 Å². The molecule has 0 radical (unpaired) electrons. The zero-order valence-electron chi connectivity index (χ0n) is 52.7. The summed E-state index contributed by atoms with van der Waals surface area (Å²) < 4.78 is 0. The van der Waals surface area contributed by atoms with Gasteiger partial charge in [-0.15, -0.1) is 0 Å². The highest BCUT2D eigenvalue weighted by molar-refractivity contribution is 5.91. The summed E-state index contributed by atoms with van der Waals surface area (Å²) in [6.45, 7) is 17.1. The maximum Gasteiger partial charge on any atom is 0.0507 e. The van der Waals surface area contributed by atoms with Crippen LogP contribution in [0.25, 0.3) is 56.7 Å². The summed E-state index contributed by atoms with van der Waals surface area (Å²) in [6.07, 6.45) is 5.48. The molecule has 2 heteroatoms. The summed E-state index contributed by atoms with van der Waals surface area (Å²) in [6, 6.07) is 113. The van der Waals surface area contributed by atoms with Gasteiger partial charge in [0, 0.05) is 34.1 Å². The fourth-order valence-electron chi connectivity index (χ4n) is 15.4. The number of fused-ring (bicyclic) bond motifs is 6. The Bertz CT molecular complexity index is 4590. The maximum absolute atomic E-state index is 4.06. The number of para-hydroxylation sites is 2. The Kier molecular flexibility index (Phi) is 14.8. The molecular weight excluding hydrogens is 1110 g/mol. The van der Waals surface area contributed by atoms with E-state index in [4.69, 9.17) is 0 Å². The van der Waals surface area contributed by atoms with Crippen molar-refractivity contribution in [3.05, 3.63) is 394 Å². The van der Waals surface area contributed by atoms with Crippen LogP contribution in [0.5, 0.6) is 0 Å². The first-order valence-electron chi connectivity index (χ1n) is 32.2. The second-order valence-corrected chi connectivity index (χ2v) is 25.3. The minimum Gasteiger partial charge on any atom is -0.310 e. The lowest BCUT2D eigenvalue weighted by molar-refractivity contribution is 0.625. The van der Waals surface area contributed by atoms with E-state index in [0.717, 1.165) is 80.3 Å². The van der Waals surface area contributed by atoms with E-state index in [1.807, 2.05) is 12.2 Å². The third-order valence-electron chi connectivity index (χ3n) is 19.7. The molecule has 2 nitrogen and oxygen atoms in total. The molecule has 0 amide bonds. The molecule has 2 aliphatic rings. The van der Waals surface area contributed by atoms with Gasteiger partial charge in [-0.25, -0.2) is 0 Å². The number of rotatable bonds is 16. The molecule has 2 aliphatic carbocycles. The van der Waals surface area contributed by atoms with Crippen molar-refractivity contribution in [3.63, 3.8) is 0 Å². The third kappa shape index (κ3) is 10.0. The minimum absolute atomic E-state index is 0.439. The molecule has 0 heterocycles. The van der Waals surface area contributed by atoms with Crippen LogP contribution in [-0.4, -0.2) is 0 Å². The summed E-state index contributed by atoms with van der Waals surface area (Å²) in [7, 11) is 0. The lowest BCUT2D eigenvalue weighted by atomic mass is 9.67. The van der Waals surface area contributed by atoms with Crippen LogP contribution in [0.2, 0.25) is 0 Å². The Hall–Kier alpha value is -11.1. The molecule has 2 atom stereocenters. The molecular formula is C90H72N2. The zero-order valence-corrected chi connectivity index (χ0v) is 52.7. The molecule has 13 aromatic carbocycles. The maximum atomic E-state index is 4.06. The first-order valence-corrected chi connectivity index (χ1v) is 32.2. The Labute approximate surface area is 543 Å². The first-order chi connectivity index (χ1) is 45.1. The van der Waals surface area contributed by atoms with Gasteiger partial charge in [-0.05, 0) is 225 Å². The molecule has 92 heavy (non-hydrogen) atoms. The fourth-order valence-corrected chi connectivity index (χ4v) is 15.4. The molecule has 0 spiro atoms. The highest BCUT2D eigenvalue weighted by atomic mass is 15.1. The highest BCUT2D eigenvalue weighted by Crippen LogP contribution is 2.58. The second-order valence-electron chi connectivity index (χ2n) is 25.3. The van der Waals surface area contributed by atoms with E-state index in [9.17, 15) is 0 Å². The minimum atomic E-state index is -0.439. The lowest BCUT2D eigenvalue weighted by Gasteiger charge is -2.36. The van der Waals surface area contributed by atoms with Gasteiger partial charge in [0.05, 0.1) is 10.8 Å². The van der Waals surface area contributed by atoms with Gasteiger partial charge in [-0.2, -0.15) is 0 Å². The lowest BCUT2D eigenvalue weighted by Crippen LogP contribution is -2.31. The van der Waals surface area contributed by atoms with Gasteiger partial charge in [0.2, 0.25) is 0 Å². The first kappa shape index (κ1) is 57.4. The van der Waals surface area contributed by atoms with Crippen LogP contribution in [0.4, 0.5) is 34.1 Å². The van der Waals surface area contributed by atoms with Gasteiger partial charge in [0.15, 0.2) is 0 Å². The van der Waals surface area contributed by atoms with E-state index < -0.39 is 10.8 Å². The third-order valence-corrected chi connectivity index (χ3v) is 19.7. The Morgan fingerprint density at radius 1 is 0.272 bits per heavy atom.